The first-order valence-electron chi connectivity index (χ1n) is 6.13. The van der Waals surface area contributed by atoms with Crippen molar-refractivity contribution >= 4 is 17.3 Å². The van der Waals surface area contributed by atoms with E-state index in [0.29, 0.717) is 11.4 Å². The summed E-state index contributed by atoms with van der Waals surface area (Å²) in [6, 6.07) is 6.89. The van der Waals surface area contributed by atoms with E-state index in [-0.39, 0.29) is 11.3 Å². The first-order chi connectivity index (χ1) is 9.93. The Bertz CT molecular complexity index is 702. The molecule has 0 aliphatic heterocycles. The fourth-order valence-corrected chi connectivity index (χ4v) is 1.87. The van der Waals surface area contributed by atoms with Gasteiger partial charge in [0.25, 0.3) is 5.91 Å². The minimum atomic E-state index is -0.932. The Kier molecular flexibility index (Phi) is 4.07. The second-order valence-corrected chi connectivity index (χ2v) is 4.47. The first kappa shape index (κ1) is 14.8. The SMILES string of the molecule is COc1ccc(N)cc1NC(=O)c1c(F)ccc(C)c1F. The molecule has 0 aromatic heterocycles. The normalized spacial score (nSPS) is 10.3. The summed E-state index contributed by atoms with van der Waals surface area (Å²) in [5.74, 6) is -2.39. The number of nitrogen functional groups attached to an aromatic ring is 1. The Hall–Kier alpha value is -2.63. The van der Waals surface area contributed by atoms with E-state index < -0.39 is 23.1 Å². The van der Waals surface area contributed by atoms with Crippen molar-refractivity contribution in [1.82, 2.24) is 0 Å². The number of hydrogen-bond donors (Lipinski definition) is 2. The van der Waals surface area contributed by atoms with Gasteiger partial charge in [-0.2, -0.15) is 0 Å². The zero-order chi connectivity index (χ0) is 15.6. The van der Waals surface area contributed by atoms with Crippen molar-refractivity contribution in [3.05, 3.63) is 53.1 Å². The van der Waals surface area contributed by atoms with Crippen LogP contribution in [0, 0.1) is 18.6 Å². The van der Waals surface area contributed by atoms with Crippen LogP contribution in [0.25, 0.3) is 0 Å². The molecule has 0 spiro atoms. The van der Waals surface area contributed by atoms with Crippen molar-refractivity contribution in [3.8, 4) is 5.75 Å². The van der Waals surface area contributed by atoms with Crippen LogP contribution < -0.4 is 15.8 Å². The Morgan fingerprint density at radius 1 is 1.24 bits per heavy atom. The van der Waals surface area contributed by atoms with Gasteiger partial charge in [0.1, 0.15) is 22.9 Å². The number of benzene rings is 2. The third kappa shape index (κ3) is 2.94. The fourth-order valence-electron chi connectivity index (χ4n) is 1.87. The molecule has 0 radical (unpaired) electrons. The number of nitrogens with two attached hydrogens (primary N) is 1. The fraction of sp³-hybridized carbons (Fsp3) is 0.133. The number of amides is 1. The monoisotopic (exact) mass is 292 g/mol. The number of rotatable bonds is 3. The number of carbonyl (C=O) groups excluding carboxylic acids is 1. The van der Waals surface area contributed by atoms with Crippen LogP contribution in [-0.4, -0.2) is 13.0 Å². The van der Waals surface area contributed by atoms with Gasteiger partial charge in [-0.15, -0.1) is 0 Å². The number of ether oxygens (including phenoxy) is 1. The van der Waals surface area contributed by atoms with Gasteiger partial charge < -0.3 is 15.8 Å². The molecular weight excluding hydrogens is 278 g/mol. The minimum Gasteiger partial charge on any atom is -0.495 e. The van der Waals surface area contributed by atoms with Crippen molar-refractivity contribution in [1.29, 1.82) is 0 Å². The van der Waals surface area contributed by atoms with E-state index in [1.807, 2.05) is 0 Å². The van der Waals surface area contributed by atoms with Gasteiger partial charge in [-0.3, -0.25) is 4.79 Å². The quantitative estimate of drug-likeness (QED) is 0.854. The summed E-state index contributed by atoms with van der Waals surface area (Å²) in [4.78, 5) is 12.1. The van der Waals surface area contributed by atoms with Gasteiger partial charge in [0, 0.05) is 5.69 Å². The maximum absolute atomic E-state index is 13.9. The van der Waals surface area contributed by atoms with E-state index in [1.165, 1.54) is 26.2 Å². The van der Waals surface area contributed by atoms with E-state index in [1.54, 1.807) is 12.1 Å². The molecule has 21 heavy (non-hydrogen) atoms. The van der Waals surface area contributed by atoms with Crippen LogP contribution in [0.5, 0.6) is 5.75 Å². The highest BCUT2D eigenvalue weighted by Crippen LogP contribution is 2.27. The molecule has 0 aliphatic carbocycles. The van der Waals surface area contributed by atoms with Crippen LogP contribution >= 0.6 is 0 Å². The molecule has 0 heterocycles. The molecule has 0 unspecified atom stereocenters. The molecule has 110 valence electrons. The molecule has 0 fully saturated rings. The van der Waals surface area contributed by atoms with Crippen LogP contribution in [0.15, 0.2) is 30.3 Å². The summed E-state index contributed by atoms with van der Waals surface area (Å²) in [6.45, 7) is 1.45. The number of carbonyl (C=O) groups is 1. The molecule has 2 aromatic rings. The van der Waals surface area contributed by atoms with Crippen LogP contribution in [0.1, 0.15) is 15.9 Å². The van der Waals surface area contributed by atoms with E-state index in [2.05, 4.69) is 5.32 Å². The van der Waals surface area contributed by atoms with Gasteiger partial charge in [-0.1, -0.05) is 6.07 Å². The second-order valence-electron chi connectivity index (χ2n) is 4.47. The van der Waals surface area contributed by atoms with Crippen molar-refractivity contribution in [2.75, 3.05) is 18.2 Å². The molecule has 0 saturated heterocycles. The number of halogens is 2. The molecule has 2 rings (SSSR count). The van der Waals surface area contributed by atoms with Crippen LogP contribution in [0.2, 0.25) is 0 Å². The van der Waals surface area contributed by atoms with E-state index in [0.717, 1.165) is 6.07 Å². The minimum absolute atomic E-state index is 0.182. The summed E-state index contributed by atoms with van der Waals surface area (Å²) < 4.78 is 32.7. The molecule has 1 amide bonds. The lowest BCUT2D eigenvalue weighted by Gasteiger charge is -2.12. The van der Waals surface area contributed by atoms with E-state index in [9.17, 15) is 13.6 Å². The van der Waals surface area contributed by atoms with Crippen molar-refractivity contribution in [3.63, 3.8) is 0 Å². The second kappa shape index (κ2) is 5.78. The highest BCUT2D eigenvalue weighted by atomic mass is 19.1. The zero-order valence-electron chi connectivity index (χ0n) is 11.5. The first-order valence-corrected chi connectivity index (χ1v) is 6.13. The number of aryl methyl sites for hydroxylation is 1. The van der Waals surface area contributed by atoms with Gasteiger partial charge in [-0.05, 0) is 36.8 Å². The molecule has 0 bridgehead atoms. The lowest BCUT2D eigenvalue weighted by molar-refractivity contribution is 0.101. The molecular formula is C15H14F2N2O2. The molecule has 4 nitrogen and oxygen atoms in total. The topological polar surface area (TPSA) is 64.3 Å². The molecule has 0 saturated carbocycles. The summed E-state index contributed by atoms with van der Waals surface area (Å²) in [5.41, 5.74) is 5.79. The van der Waals surface area contributed by atoms with Crippen LogP contribution in [-0.2, 0) is 0 Å². The van der Waals surface area contributed by atoms with Crippen LogP contribution in [0.3, 0.4) is 0 Å². The van der Waals surface area contributed by atoms with Crippen molar-refractivity contribution < 1.29 is 18.3 Å². The smallest absolute Gasteiger partial charge is 0.261 e. The zero-order valence-corrected chi connectivity index (χ0v) is 11.5. The lowest BCUT2D eigenvalue weighted by atomic mass is 10.1. The maximum Gasteiger partial charge on any atom is 0.261 e. The highest BCUT2D eigenvalue weighted by molar-refractivity contribution is 6.05. The average molecular weight is 292 g/mol. The largest absolute Gasteiger partial charge is 0.495 e. The standard InChI is InChI=1S/C15H14F2N2O2/c1-8-3-5-10(16)13(14(8)17)15(20)19-11-7-9(18)4-6-12(11)21-2/h3-7H,18H2,1-2H3,(H,19,20). The molecule has 6 heteroatoms. The molecule has 2 aromatic carbocycles. The highest BCUT2D eigenvalue weighted by Gasteiger charge is 2.20. The lowest BCUT2D eigenvalue weighted by Crippen LogP contribution is -2.17. The molecule has 0 aliphatic rings. The van der Waals surface area contributed by atoms with Crippen molar-refractivity contribution in [2.24, 2.45) is 0 Å². The molecule has 3 N–H and O–H groups in total. The number of anilines is 2. The van der Waals surface area contributed by atoms with E-state index >= 15 is 0 Å². The summed E-state index contributed by atoms with van der Waals surface area (Å²) in [7, 11) is 1.41. The predicted molar refractivity (Wildman–Crippen MR) is 76.5 cm³/mol. The van der Waals surface area contributed by atoms with Gasteiger partial charge in [-0.25, -0.2) is 8.78 Å². The maximum atomic E-state index is 13.9. The van der Waals surface area contributed by atoms with Gasteiger partial charge in [0.15, 0.2) is 0 Å². The summed E-state index contributed by atoms with van der Waals surface area (Å²) in [6.07, 6.45) is 0. The van der Waals surface area contributed by atoms with Gasteiger partial charge in [0.05, 0.1) is 12.8 Å². The predicted octanol–water partition coefficient (Wildman–Crippen LogP) is 3.12. The summed E-state index contributed by atoms with van der Waals surface area (Å²) >= 11 is 0. The Labute approximate surface area is 120 Å². The van der Waals surface area contributed by atoms with Gasteiger partial charge >= 0.3 is 0 Å². The Balaban J connectivity index is 2.39. The van der Waals surface area contributed by atoms with Crippen LogP contribution in [0.4, 0.5) is 20.2 Å². The third-order valence-corrected chi connectivity index (χ3v) is 2.98. The summed E-state index contributed by atoms with van der Waals surface area (Å²) in [5, 5.41) is 2.40. The van der Waals surface area contributed by atoms with Gasteiger partial charge in [0.2, 0.25) is 0 Å². The van der Waals surface area contributed by atoms with Crippen molar-refractivity contribution in [2.45, 2.75) is 6.92 Å². The number of nitrogens with one attached hydrogen (secondary N) is 1. The van der Waals surface area contributed by atoms with E-state index in [4.69, 9.17) is 10.5 Å². The Morgan fingerprint density at radius 3 is 2.62 bits per heavy atom. The molecule has 0 atom stereocenters. The average Bonchev–Trinajstić information content (AvgIpc) is 2.43. The third-order valence-electron chi connectivity index (χ3n) is 2.98. The Morgan fingerprint density at radius 2 is 1.95 bits per heavy atom. The number of hydrogen-bond acceptors (Lipinski definition) is 3. The number of methoxy groups -OCH3 is 1.